The number of Topliss-reactive ketones (excluding diaryl/α,β-unsaturated/α-hetero) is 1. The molecule has 3 aromatic rings. The summed E-state index contributed by atoms with van der Waals surface area (Å²) in [6.07, 6.45) is 1.54. The van der Waals surface area contributed by atoms with Crippen molar-refractivity contribution < 1.29 is 14.6 Å². The van der Waals surface area contributed by atoms with E-state index in [0.29, 0.717) is 17.0 Å². The zero-order valence-electron chi connectivity index (χ0n) is 14.6. The highest BCUT2D eigenvalue weighted by Crippen LogP contribution is 2.25. The molecule has 132 valence electrons. The number of rotatable bonds is 6. The number of ether oxygens (including phenoxy) is 1. The van der Waals surface area contributed by atoms with Crippen molar-refractivity contribution in [1.82, 2.24) is 10.2 Å². The summed E-state index contributed by atoms with van der Waals surface area (Å²) < 4.78 is 4.99. The number of phenolic OH excluding ortho intramolecular Hbond substituents is 1. The van der Waals surface area contributed by atoms with Crippen LogP contribution in [0.5, 0.6) is 11.5 Å². The molecule has 2 N–H and O–H groups in total. The van der Waals surface area contributed by atoms with Crippen LogP contribution in [-0.2, 0) is 0 Å². The second-order valence-corrected chi connectivity index (χ2v) is 5.81. The molecule has 0 atom stereocenters. The first-order valence-electron chi connectivity index (χ1n) is 8.10. The molecule has 0 fully saturated rings. The Morgan fingerprint density at radius 3 is 2.81 bits per heavy atom. The van der Waals surface area contributed by atoms with Crippen molar-refractivity contribution in [2.24, 2.45) is 4.99 Å². The SMILES string of the molecule is COc1ccc(C=NCC(=O)c2cc(-c3ccccc3C)n[nH]2)cc1O. The van der Waals surface area contributed by atoms with Gasteiger partial charge in [0.2, 0.25) is 5.78 Å². The lowest BCUT2D eigenvalue weighted by Crippen LogP contribution is -2.04. The minimum atomic E-state index is -0.161. The van der Waals surface area contributed by atoms with Crippen LogP contribution in [0, 0.1) is 6.92 Å². The summed E-state index contributed by atoms with van der Waals surface area (Å²) in [5.41, 5.74) is 3.91. The van der Waals surface area contributed by atoms with E-state index in [1.165, 1.54) is 19.4 Å². The Balaban J connectivity index is 1.67. The summed E-state index contributed by atoms with van der Waals surface area (Å²) in [5, 5.41) is 16.7. The first-order valence-corrected chi connectivity index (χ1v) is 8.10. The number of methoxy groups -OCH3 is 1. The lowest BCUT2D eigenvalue weighted by Gasteiger charge is -2.02. The maximum absolute atomic E-state index is 12.3. The topological polar surface area (TPSA) is 87.6 Å². The molecule has 0 aliphatic heterocycles. The molecule has 0 bridgehead atoms. The van der Waals surface area contributed by atoms with E-state index in [2.05, 4.69) is 15.2 Å². The number of ketones is 1. The second kappa shape index (κ2) is 7.65. The van der Waals surface area contributed by atoms with Crippen molar-refractivity contribution in [3.63, 3.8) is 0 Å². The lowest BCUT2D eigenvalue weighted by molar-refractivity contribution is 0.0997. The van der Waals surface area contributed by atoms with E-state index in [-0.39, 0.29) is 18.1 Å². The van der Waals surface area contributed by atoms with Crippen LogP contribution in [-0.4, -0.2) is 41.0 Å². The number of carbonyl (C=O) groups is 1. The maximum Gasteiger partial charge on any atom is 0.201 e. The van der Waals surface area contributed by atoms with E-state index in [4.69, 9.17) is 4.74 Å². The predicted octanol–water partition coefficient (Wildman–Crippen LogP) is 3.40. The molecule has 0 aliphatic rings. The summed E-state index contributed by atoms with van der Waals surface area (Å²) in [6.45, 7) is 1.99. The number of aromatic nitrogens is 2. The number of carbonyl (C=O) groups excluding carboxylic acids is 1. The molecule has 0 saturated carbocycles. The maximum atomic E-state index is 12.3. The van der Waals surface area contributed by atoms with E-state index in [1.807, 2.05) is 31.2 Å². The molecule has 0 saturated heterocycles. The fourth-order valence-corrected chi connectivity index (χ4v) is 2.57. The molecule has 26 heavy (non-hydrogen) atoms. The van der Waals surface area contributed by atoms with Gasteiger partial charge >= 0.3 is 0 Å². The van der Waals surface area contributed by atoms with E-state index >= 15 is 0 Å². The van der Waals surface area contributed by atoms with Crippen molar-refractivity contribution in [3.8, 4) is 22.8 Å². The monoisotopic (exact) mass is 349 g/mol. The number of aryl methyl sites for hydroxylation is 1. The molecule has 1 aromatic heterocycles. The van der Waals surface area contributed by atoms with Gasteiger partial charge in [-0.1, -0.05) is 24.3 Å². The highest BCUT2D eigenvalue weighted by molar-refractivity contribution is 5.98. The average Bonchev–Trinajstić information content (AvgIpc) is 3.12. The van der Waals surface area contributed by atoms with Crippen molar-refractivity contribution in [1.29, 1.82) is 0 Å². The number of H-pyrrole nitrogens is 1. The minimum Gasteiger partial charge on any atom is -0.504 e. The third kappa shape index (κ3) is 3.80. The van der Waals surface area contributed by atoms with E-state index < -0.39 is 0 Å². The number of hydrogen-bond donors (Lipinski definition) is 2. The van der Waals surface area contributed by atoms with Gasteiger partial charge in [-0.05, 0) is 42.3 Å². The Hall–Kier alpha value is -3.41. The third-order valence-electron chi connectivity index (χ3n) is 3.98. The van der Waals surface area contributed by atoms with Gasteiger partial charge in [0.1, 0.15) is 12.2 Å². The molecule has 1 heterocycles. The molecule has 0 radical (unpaired) electrons. The first-order chi connectivity index (χ1) is 12.6. The molecular formula is C20H19N3O3. The van der Waals surface area contributed by atoms with Crippen molar-refractivity contribution >= 4 is 12.0 Å². The molecule has 6 heteroatoms. The Morgan fingerprint density at radius 2 is 2.08 bits per heavy atom. The highest BCUT2D eigenvalue weighted by atomic mass is 16.5. The molecule has 0 amide bonds. The van der Waals surface area contributed by atoms with Gasteiger partial charge in [-0.15, -0.1) is 0 Å². The predicted molar refractivity (Wildman–Crippen MR) is 100 cm³/mol. The van der Waals surface area contributed by atoms with Gasteiger partial charge in [-0.25, -0.2) is 0 Å². The lowest BCUT2D eigenvalue weighted by atomic mass is 10.1. The van der Waals surface area contributed by atoms with Crippen LogP contribution in [0.1, 0.15) is 21.6 Å². The summed E-state index contributed by atoms with van der Waals surface area (Å²) >= 11 is 0. The van der Waals surface area contributed by atoms with Gasteiger partial charge in [0.05, 0.1) is 12.8 Å². The number of aromatic hydroxyl groups is 1. The summed E-state index contributed by atoms with van der Waals surface area (Å²) in [5.74, 6) is 0.255. The second-order valence-electron chi connectivity index (χ2n) is 5.81. The molecule has 0 aliphatic carbocycles. The smallest absolute Gasteiger partial charge is 0.201 e. The Bertz CT molecular complexity index is 960. The van der Waals surface area contributed by atoms with Gasteiger partial charge in [0.25, 0.3) is 0 Å². The quantitative estimate of drug-likeness (QED) is 0.527. The van der Waals surface area contributed by atoms with Crippen molar-refractivity contribution in [2.75, 3.05) is 13.7 Å². The molecule has 0 spiro atoms. The third-order valence-corrected chi connectivity index (χ3v) is 3.98. The van der Waals surface area contributed by atoms with Gasteiger partial charge in [-0.3, -0.25) is 14.9 Å². The van der Waals surface area contributed by atoms with Crippen LogP contribution >= 0.6 is 0 Å². The Kier molecular flexibility index (Phi) is 5.12. The molecule has 0 unspecified atom stereocenters. The number of phenols is 1. The zero-order valence-corrected chi connectivity index (χ0v) is 14.6. The fraction of sp³-hybridized carbons (Fsp3) is 0.150. The number of benzene rings is 2. The van der Waals surface area contributed by atoms with Crippen LogP contribution in [0.15, 0.2) is 53.5 Å². The molecule has 6 nitrogen and oxygen atoms in total. The van der Waals surface area contributed by atoms with Gasteiger partial charge in [-0.2, -0.15) is 5.10 Å². The largest absolute Gasteiger partial charge is 0.504 e. The molecular weight excluding hydrogens is 330 g/mol. The number of aromatic amines is 1. The summed E-state index contributed by atoms with van der Waals surface area (Å²) in [7, 11) is 1.48. The minimum absolute atomic E-state index is 0.0117. The highest BCUT2D eigenvalue weighted by Gasteiger charge is 2.11. The standard InChI is InChI=1S/C20H19N3O3/c1-13-5-3-4-6-15(13)16-10-17(23-22-16)19(25)12-21-11-14-7-8-20(26-2)18(24)9-14/h3-11,24H,12H2,1-2H3,(H,22,23). The normalized spacial score (nSPS) is 11.0. The van der Waals surface area contributed by atoms with E-state index in [0.717, 1.165) is 16.8 Å². The summed E-state index contributed by atoms with van der Waals surface area (Å²) in [6, 6.07) is 14.5. The van der Waals surface area contributed by atoms with Crippen LogP contribution in [0.2, 0.25) is 0 Å². The van der Waals surface area contributed by atoms with Crippen LogP contribution in [0.4, 0.5) is 0 Å². The first kappa shape index (κ1) is 17.4. The number of nitrogens with one attached hydrogen (secondary N) is 1. The Morgan fingerprint density at radius 1 is 1.27 bits per heavy atom. The van der Waals surface area contributed by atoms with E-state index in [1.54, 1.807) is 18.2 Å². The van der Waals surface area contributed by atoms with Crippen LogP contribution < -0.4 is 4.74 Å². The summed E-state index contributed by atoms with van der Waals surface area (Å²) in [4.78, 5) is 16.4. The number of nitrogens with zero attached hydrogens (tertiary/aromatic N) is 2. The van der Waals surface area contributed by atoms with Gasteiger partial charge in [0.15, 0.2) is 11.5 Å². The van der Waals surface area contributed by atoms with Crippen LogP contribution in [0.25, 0.3) is 11.3 Å². The van der Waals surface area contributed by atoms with Gasteiger partial charge < -0.3 is 9.84 Å². The number of hydrogen-bond acceptors (Lipinski definition) is 5. The van der Waals surface area contributed by atoms with Crippen LogP contribution in [0.3, 0.4) is 0 Å². The Labute approximate surface area is 151 Å². The number of aliphatic imine (C=N–C) groups is 1. The average molecular weight is 349 g/mol. The zero-order chi connectivity index (χ0) is 18.5. The molecule has 2 aromatic carbocycles. The fourth-order valence-electron chi connectivity index (χ4n) is 2.57. The van der Waals surface area contributed by atoms with Gasteiger partial charge in [0, 0.05) is 11.8 Å². The van der Waals surface area contributed by atoms with E-state index in [9.17, 15) is 9.90 Å². The molecule has 3 rings (SSSR count). The van der Waals surface area contributed by atoms with Crippen molar-refractivity contribution in [2.45, 2.75) is 6.92 Å². The van der Waals surface area contributed by atoms with Crippen molar-refractivity contribution in [3.05, 3.63) is 65.4 Å².